The first-order valence-electron chi connectivity index (χ1n) is 10.1. The van der Waals surface area contributed by atoms with Crippen molar-refractivity contribution in [3.8, 4) is 0 Å². The molecule has 2 aliphatic carbocycles. The zero-order chi connectivity index (χ0) is 20.1. The molecule has 7 heteroatoms. The van der Waals surface area contributed by atoms with Crippen molar-refractivity contribution in [3.63, 3.8) is 0 Å². The van der Waals surface area contributed by atoms with Crippen molar-refractivity contribution in [2.24, 2.45) is 17.8 Å². The predicted octanol–water partition coefficient (Wildman–Crippen LogP) is 4.86. The van der Waals surface area contributed by atoms with Crippen LogP contribution in [0, 0.1) is 17.8 Å². The first-order chi connectivity index (χ1) is 13.2. The first-order valence-corrected chi connectivity index (χ1v) is 10.1. The summed E-state index contributed by atoms with van der Waals surface area (Å²) in [5.74, 6) is -2.63. The Labute approximate surface area is 161 Å². The van der Waals surface area contributed by atoms with Crippen molar-refractivity contribution in [1.82, 2.24) is 0 Å². The van der Waals surface area contributed by atoms with E-state index in [0.717, 1.165) is 30.9 Å². The summed E-state index contributed by atoms with van der Waals surface area (Å²) in [6.07, 6.45) is 1.71. The van der Waals surface area contributed by atoms with Crippen molar-refractivity contribution in [2.75, 3.05) is 11.4 Å². The summed E-state index contributed by atoms with van der Waals surface area (Å²) >= 11 is 0. The molecule has 1 N–H and O–H groups in total. The van der Waals surface area contributed by atoms with Crippen molar-refractivity contribution in [3.05, 3.63) is 29.3 Å². The van der Waals surface area contributed by atoms with E-state index < -0.39 is 17.6 Å². The van der Waals surface area contributed by atoms with Crippen LogP contribution in [0.2, 0.25) is 0 Å². The van der Waals surface area contributed by atoms with E-state index in [1.54, 1.807) is 4.90 Å². The molecule has 4 atom stereocenters. The second kappa shape index (κ2) is 7.01. The number of aryl methyl sites for hydroxylation is 1. The highest BCUT2D eigenvalue weighted by molar-refractivity contribution is 5.94. The molecule has 1 amide bonds. The Bertz CT molecular complexity index is 761. The van der Waals surface area contributed by atoms with Crippen LogP contribution >= 0.6 is 0 Å². The van der Waals surface area contributed by atoms with Gasteiger partial charge in [0.15, 0.2) is 0 Å². The third-order valence-electron chi connectivity index (χ3n) is 6.83. The molecular formula is C21H25F4NO2. The SMILES string of the molecule is O=C(CC1C[C@H]2CC[C@@H]1C2)N1CCCCc2cc(C(O)(F)C(F)(F)F)ccc21. The molecule has 2 unspecified atom stereocenters. The fraction of sp³-hybridized carbons (Fsp3) is 0.667. The predicted molar refractivity (Wildman–Crippen MR) is 96.3 cm³/mol. The van der Waals surface area contributed by atoms with Gasteiger partial charge in [-0.1, -0.05) is 12.5 Å². The van der Waals surface area contributed by atoms with Gasteiger partial charge in [-0.3, -0.25) is 4.79 Å². The van der Waals surface area contributed by atoms with Gasteiger partial charge >= 0.3 is 12.0 Å². The highest BCUT2D eigenvalue weighted by Crippen LogP contribution is 2.50. The molecule has 3 aliphatic rings. The standard InChI is InChI=1S/C21H25F4NO2/c22-20(28,21(23,24)25)17-6-7-18-15(11-17)3-1-2-8-26(18)19(27)12-16-10-13-4-5-14(16)9-13/h6-7,11,13-14,16,28H,1-5,8-10,12H2/t13-,14+,16?,20?/m0/s1. The summed E-state index contributed by atoms with van der Waals surface area (Å²) in [7, 11) is 0. The number of fused-ring (bicyclic) bond motifs is 3. The first kappa shape index (κ1) is 19.7. The number of carbonyl (C=O) groups excluding carboxylic acids is 1. The van der Waals surface area contributed by atoms with Gasteiger partial charge in [0.05, 0.1) is 0 Å². The lowest BCUT2D eigenvalue weighted by Crippen LogP contribution is -2.38. The fourth-order valence-electron chi connectivity index (χ4n) is 5.34. The Hall–Kier alpha value is -1.63. The minimum atomic E-state index is -5.41. The topological polar surface area (TPSA) is 40.5 Å². The number of benzene rings is 1. The van der Waals surface area contributed by atoms with Crippen LogP contribution in [-0.4, -0.2) is 23.7 Å². The van der Waals surface area contributed by atoms with Gasteiger partial charge in [-0.05, 0) is 74.0 Å². The summed E-state index contributed by atoms with van der Waals surface area (Å²) in [5.41, 5.74) is 0.199. The van der Waals surface area contributed by atoms with Crippen molar-refractivity contribution in [2.45, 2.75) is 63.4 Å². The lowest BCUT2D eigenvalue weighted by molar-refractivity contribution is -0.323. The van der Waals surface area contributed by atoms with E-state index in [-0.39, 0.29) is 5.91 Å². The van der Waals surface area contributed by atoms with Crippen LogP contribution in [0.3, 0.4) is 0 Å². The number of anilines is 1. The van der Waals surface area contributed by atoms with Gasteiger partial charge in [-0.15, -0.1) is 0 Å². The molecule has 2 fully saturated rings. The number of nitrogens with zero attached hydrogens (tertiary/aromatic N) is 1. The number of hydrogen-bond donors (Lipinski definition) is 1. The molecule has 2 bridgehead atoms. The van der Waals surface area contributed by atoms with Crippen LogP contribution in [0.1, 0.15) is 56.1 Å². The average Bonchev–Trinajstić information content (AvgIpc) is 3.17. The number of halogens is 4. The van der Waals surface area contributed by atoms with Crippen LogP contribution in [0.4, 0.5) is 23.2 Å². The van der Waals surface area contributed by atoms with Crippen molar-refractivity contribution < 1.29 is 27.5 Å². The summed E-state index contributed by atoms with van der Waals surface area (Å²) < 4.78 is 52.5. The number of amides is 1. The zero-order valence-corrected chi connectivity index (χ0v) is 15.6. The number of alkyl halides is 4. The summed E-state index contributed by atoms with van der Waals surface area (Å²) in [6, 6.07) is 3.35. The van der Waals surface area contributed by atoms with Gasteiger partial charge in [-0.25, -0.2) is 0 Å². The van der Waals surface area contributed by atoms with E-state index >= 15 is 0 Å². The Morgan fingerprint density at radius 3 is 2.57 bits per heavy atom. The van der Waals surface area contributed by atoms with Crippen molar-refractivity contribution >= 4 is 11.6 Å². The fourth-order valence-corrected chi connectivity index (χ4v) is 5.34. The molecule has 0 aromatic heterocycles. The van der Waals surface area contributed by atoms with Gasteiger partial charge in [0.25, 0.3) is 0 Å². The molecule has 0 saturated heterocycles. The summed E-state index contributed by atoms with van der Waals surface area (Å²) in [6.45, 7) is 0.519. The smallest absolute Gasteiger partial charge is 0.351 e. The Balaban J connectivity index is 1.57. The largest absolute Gasteiger partial charge is 0.453 e. The second-order valence-corrected chi connectivity index (χ2v) is 8.60. The van der Waals surface area contributed by atoms with Gasteiger partial charge in [-0.2, -0.15) is 17.6 Å². The van der Waals surface area contributed by atoms with E-state index in [1.807, 2.05) is 0 Å². The molecule has 1 heterocycles. The molecule has 1 aliphatic heterocycles. The zero-order valence-electron chi connectivity index (χ0n) is 15.6. The quantitative estimate of drug-likeness (QED) is 0.738. The summed E-state index contributed by atoms with van der Waals surface area (Å²) in [4.78, 5) is 14.7. The molecule has 3 nitrogen and oxygen atoms in total. The number of aliphatic hydroxyl groups is 1. The Morgan fingerprint density at radius 1 is 1.14 bits per heavy atom. The highest BCUT2D eigenvalue weighted by Gasteiger charge is 2.56. The minimum Gasteiger partial charge on any atom is -0.351 e. The maximum absolute atomic E-state index is 14.0. The van der Waals surface area contributed by atoms with Gasteiger partial charge in [0.2, 0.25) is 5.91 Å². The third-order valence-corrected chi connectivity index (χ3v) is 6.83. The molecule has 28 heavy (non-hydrogen) atoms. The maximum atomic E-state index is 14.0. The van der Waals surface area contributed by atoms with Gasteiger partial charge in [0, 0.05) is 24.2 Å². The van der Waals surface area contributed by atoms with E-state index in [1.165, 1.54) is 25.3 Å². The number of carbonyl (C=O) groups is 1. The number of rotatable bonds is 3. The van der Waals surface area contributed by atoms with Crippen LogP contribution in [0.5, 0.6) is 0 Å². The highest BCUT2D eigenvalue weighted by atomic mass is 19.4. The molecule has 1 aromatic rings. The monoisotopic (exact) mass is 399 g/mol. The lowest BCUT2D eigenvalue weighted by Gasteiger charge is -2.28. The molecule has 4 rings (SSSR count). The van der Waals surface area contributed by atoms with E-state index in [4.69, 9.17) is 0 Å². The minimum absolute atomic E-state index is 0.000202. The van der Waals surface area contributed by atoms with Crippen LogP contribution in [0.15, 0.2) is 18.2 Å². The molecule has 2 saturated carbocycles. The maximum Gasteiger partial charge on any atom is 0.453 e. The van der Waals surface area contributed by atoms with Gasteiger partial charge < -0.3 is 10.0 Å². The Kier molecular flexibility index (Phi) is 4.92. The van der Waals surface area contributed by atoms with Crippen LogP contribution < -0.4 is 4.90 Å². The molecule has 0 spiro atoms. The molecular weight excluding hydrogens is 374 g/mol. The number of hydrogen-bond acceptors (Lipinski definition) is 2. The Morgan fingerprint density at radius 2 is 1.93 bits per heavy atom. The van der Waals surface area contributed by atoms with E-state index in [2.05, 4.69) is 0 Å². The van der Waals surface area contributed by atoms with E-state index in [0.29, 0.717) is 48.9 Å². The third kappa shape index (κ3) is 3.42. The molecule has 1 aromatic carbocycles. The molecule has 0 radical (unpaired) electrons. The van der Waals surface area contributed by atoms with Crippen LogP contribution in [-0.2, 0) is 17.1 Å². The second-order valence-electron chi connectivity index (χ2n) is 8.60. The average molecular weight is 399 g/mol. The van der Waals surface area contributed by atoms with Crippen molar-refractivity contribution in [1.29, 1.82) is 0 Å². The van der Waals surface area contributed by atoms with Gasteiger partial charge in [0.1, 0.15) is 0 Å². The molecule has 154 valence electrons. The van der Waals surface area contributed by atoms with E-state index in [9.17, 15) is 27.5 Å². The normalized spacial score (nSPS) is 29.3. The lowest BCUT2D eigenvalue weighted by atomic mass is 9.86. The van der Waals surface area contributed by atoms with Crippen LogP contribution in [0.25, 0.3) is 0 Å². The summed E-state index contributed by atoms with van der Waals surface area (Å²) in [5, 5.41) is 9.35.